The molecule has 0 saturated heterocycles. The van der Waals surface area contributed by atoms with Gasteiger partial charge in [0.05, 0.1) is 13.0 Å². The number of rotatable bonds is 4. The van der Waals surface area contributed by atoms with Crippen LogP contribution < -0.4 is 4.74 Å². The van der Waals surface area contributed by atoms with Crippen LogP contribution in [0.25, 0.3) is 5.57 Å². The molecule has 18 heavy (non-hydrogen) atoms. The Kier molecular flexibility index (Phi) is 3.70. The van der Waals surface area contributed by atoms with Gasteiger partial charge in [-0.25, -0.2) is 0 Å². The minimum Gasteiger partial charge on any atom is -0.497 e. The zero-order valence-electron chi connectivity index (χ0n) is 10.8. The van der Waals surface area contributed by atoms with Crippen molar-refractivity contribution in [3.8, 4) is 5.75 Å². The molecule has 1 unspecified atom stereocenters. The van der Waals surface area contributed by atoms with Crippen molar-refractivity contribution in [3.05, 3.63) is 35.4 Å². The average molecular weight is 246 g/mol. The van der Waals surface area contributed by atoms with Crippen molar-refractivity contribution < 1.29 is 14.6 Å². The predicted molar refractivity (Wildman–Crippen MR) is 70.7 cm³/mol. The molecule has 1 aromatic carbocycles. The van der Waals surface area contributed by atoms with Crippen LogP contribution in [0.4, 0.5) is 0 Å². The van der Waals surface area contributed by atoms with Crippen LogP contribution in [0, 0.1) is 5.92 Å². The first kappa shape index (κ1) is 12.7. The van der Waals surface area contributed by atoms with Gasteiger partial charge in [0.2, 0.25) is 0 Å². The van der Waals surface area contributed by atoms with Crippen LogP contribution in [-0.2, 0) is 11.2 Å². The Labute approximate surface area is 107 Å². The molecule has 0 spiro atoms. The van der Waals surface area contributed by atoms with Gasteiger partial charge in [-0.2, -0.15) is 0 Å². The van der Waals surface area contributed by atoms with Crippen molar-refractivity contribution in [3.63, 3.8) is 0 Å². The highest BCUT2D eigenvalue weighted by molar-refractivity contribution is 5.88. The molecule has 1 aliphatic rings. The minimum absolute atomic E-state index is 0.405. The molecule has 0 fully saturated rings. The summed E-state index contributed by atoms with van der Waals surface area (Å²) in [5.74, 6) is -0.316. The van der Waals surface area contributed by atoms with Crippen molar-refractivity contribution in [2.45, 2.75) is 26.2 Å². The first-order valence-electron chi connectivity index (χ1n) is 6.27. The van der Waals surface area contributed by atoms with E-state index in [0.717, 1.165) is 29.7 Å². The lowest BCUT2D eigenvalue weighted by atomic mass is 9.82. The van der Waals surface area contributed by atoms with Crippen molar-refractivity contribution in [1.29, 1.82) is 0 Å². The van der Waals surface area contributed by atoms with Gasteiger partial charge in [-0.3, -0.25) is 4.79 Å². The van der Waals surface area contributed by atoms with Crippen molar-refractivity contribution in [2.75, 3.05) is 7.11 Å². The number of hydrogen-bond donors (Lipinski definition) is 1. The van der Waals surface area contributed by atoms with E-state index in [9.17, 15) is 9.90 Å². The van der Waals surface area contributed by atoms with E-state index in [1.165, 1.54) is 5.56 Å². The Morgan fingerprint density at radius 1 is 1.50 bits per heavy atom. The Hall–Kier alpha value is -1.77. The van der Waals surface area contributed by atoms with Crippen LogP contribution in [0.5, 0.6) is 5.75 Å². The molecule has 2 rings (SSSR count). The Morgan fingerprint density at radius 3 is 2.89 bits per heavy atom. The van der Waals surface area contributed by atoms with E-state index in [-0.39, 0.29) is 0 Å². The Balaban J connectivity index is 2.42. The third kappa shape index (κ3) is 2.26. The largest absolute Gasteiger partial charge is 0.497 e. The zero-order chi connectivity index (χ0) is 13.1. The van der Waals surface area contributed by atoms with Crippen LogP contribution in [0.1, 0.15) is 30.9 Å². The van der Waals surface area contributed by atoms with E-state index in [1.54, 1.807) is 7.11 Å². The quantitative estimate of drug-likeness (QED) is 0.887. The van der Waals surface area contributed by atoms with Gasteiger partial charge in [0.1, 0.15) is 5.75 Å². The van der Waals surface area contributed by atoms with Gasteiger partial charge < -0.3 is 9.84 Å². The summed E-state index contributed by atoms with van der Waals surface area (Å²) in [5.41, 5.74) is 3.21. The normalized spacial score (nSPS) is 15.6. The first-order chi connectivity index (χ1) is 8.67. The number of carbonyl (C=O) groups is 1. The highest BCUT2D eigenvalue weighted by Crippen LogP contribution is 2.35. The first-order valence-corrected chi connectivity index (χ1v) is 6.27. The van der Waals surface area contributed by atoms with Gasteiger partial charge >= 0.3 is 5.97 Å². The van der Waals surface area contributed by atoms with Gasteiger partial charge in [-0.05, 0) is 48.1 Å². The lowest BCUT2D eigenvalue weighted by Gasteiger charge is -2.22. The summed E-state index contributed by atoms with van der Waals surface area (Å²) < 4.78 is 5.21. The second-order valence-electron chi connectivity index (χ2n) is 4.52. The number of benzene rings is 1. The smallest absolute Gasteiger partial charge is 0.310 e. The fraction of sp³-hybridized carbons (Fsp3) is 0.400. The predicted octanol–water partition coefficient (Wildman–Crippen LogP) is 3.14. The number of allylic oxidation sites excluding steroid dienone is 1. The molecule has 0 bridgehead atoms. The topological polar surface area (TPSA) is 46.5 Å². The van der Waals surface area contributed by atoms with E-state index in [4.69, 9.17) is 4.74 Å². The fourth-order valence-corrected chi connectivity index (χ4v) is 2.54. The lowest BCUT2D eigenvalue weighted by molar-refractivity contribution is -0.139. The Bertz CT molecular complexity index is 489. The number of aliphatic carboxylic acids is 1. The summed E-state index contributed by atoms with van der Waals surface area (Å²) >= 11 is 0. The van der Waals surface area contributed by atoms with Crippen LogP contribution >= 0.6 is 0 Å². The fourth-order valence-electron chi connectivity index (χ4n) is 2.54. The summed E-state index contributed by atoms with van der Waals surface area (Å²) in [5, 5.41) is 9.29. The number of carboxylic acids is 1. The zero-order valence-corrected chi connectivity index (χ0v) is 10.8. The van der Waals surface area contributed by atoms with E-state index < -0.39 is 11.9 Å². The summed E-state index contributed by atoms with van der Waals surface area (Å²) in [6.45, 7) is 1.91. The SMILES string of the molecule is CCC(C(=O)O)C1=CCCc2cc(OC)ccc21. The van der Waals surface area contributed by atoms with Crippen LogP contribution in [0.2, 0.25) is 0 Å². The van der Waals surface area contributed by atoms with Crippen molar-refractivity contribution in [1.82, 2.24) is 0 Å². The second kappa shape index (κ2) is 5.25. The highest BCUT2D eigenvalue weighted by atomic mass is 16.5. The molecule has 1 aliphatic carbocycles. The number of ether oxygens (including phenoxy) is 1. The van der Waals surface area contributed by atoms with E-state index >= 15 is 0 Å². The number of fused-ring (bicyclic) bond motifs is 1. The van der Waals surface area contributed by atoms with Crippen molar-refractivity contribution in [2.24, 2.45) is 5.92 Å². The minimum atomic E-state index is -0.743. The van der Waals surface area contributed by atoms with E-state index in [1.807, 2.05) is 25.1 Å². The number of methoxy groups -OCH3 is 1. The van der Waals surface area contributed by atoms with Gasteiger partial charge in [0.25, 0.3) is 0 Å². The number of hydrogen-bond acceptors (Lipinski definition) is 2. The van der Waals surface area contributed by atoms with Crippen LogP contribution in [0.3, 0.4) is 0 Å². The molecule has 1 N–H and O–H groups in total. The monoisotopic (exact) mass is 246 g/mol. The lowest BCUT2D eigenvalue weighted by Crippen LogP contribution is -2.17. The van der Waals surface area contributed by atoms with Crippen LogP contribution in [-0.4, -0.2) is 18.2 Å². The summed E-state index contributed by atoms with van der Waals surface area (Å²) in [6.07, 6.45) is 4.54. The Morgan fingerprint density at radius 2 is 2.28 bits per heavy atom. The maximum absolute atomic E-state index is 11.3. The highest BCUT2D eigenvalue weighted by Gasteiger charge is 2.25. The molecule has 3 nitrogen and oxygen atoms in total. The third-order valence-electron chi connectivity index (χ3n) is 3.48. The summed E-state index contributed by atoms with van der Waals surface area (Å²) in [7, 11) is 1.65. The summed E-state index contributed by atoms with van der Waals surface area (Å²) in [6, 6.07) is 5.88. The summed E-state index contributed by atoms with van der Waals surface area (Å²) in [4.78, 5) is 11.3. The molecular weight excluding hydrogens is 228 g/mol. The van der Waals surface area contributed by atoms with E-state index in [0.29, 0.717) is 6.42 Å². The van der Waals surface area contributed by atoms with Gasteiger partial charge in [0.15, 0.2) is 0 Å². The molecule has 1 atom stereocenters. The molecule has 0 radical (unpaired) electrons. The maximum atomic E-state index is 11.3. The maximum Gasteiger partial charge on any atom is 0.310 e. The number of carboxylic acid groups (broad SMARTS) is 1. The molecular formula is C15H18O3. The molecule has 0 heterocycles. The van der Waals surface area contributed by atoms with Gasteiger partial charge in [0, 0.05) is 0 Å². The molecule has 0 aliphatic heterocycles. The average Bonchev–Trinajstić information content (AvgIpc) is 2.38. The molecule has 1 aromatic rings. The molecule has 96 valence electrons. The molecule has 0 aromatic heterocycles. The molecule has 0 saturated carbocycles. The number of aryl methyl sites for hydroxylation is 1. The van der Waals surface area contributed by atoms with E-state index in [2.05, 4.69) is 6.08 Å². The molecule has 3 heteroatoms. The van der Waals surface area contributed by atoms with Crippen LogP contribution in [0.15, 0.2) is 24.3 Å². The second-order valence-corrected chi connectivity index (χ2v) is 4.52. The third-order valence-corrected chi connectivity index (χ3v) is 3.48. The van der Waals surface area contributed by atoms with Crippen molar-refractivity contribution >= 4 is 11.5 Å². The van der Waals surface area contributed by atoms with Gasteiger partial charge in [-0.1, -0.05) is 19.1 Å². The van der Waals surface area contributed by atoms with Gasteiger partial charge in [-0.15, -0.1) is 0 Å². The standard InChI is InChI=1S/C15H18O3/c1-3-12(15(16)17)14-6-4-5-10-9-11(18-2)7-8-13(10)14/h6-9,12H,3-5H2,1-2H3,(H,16,17). The molecule has 0 amide bonds.